The van der Waals surface area contributed by atoms with E-state index >= 15 is 0 Å². The van der Waals surface area contributed by atoms with Crippen molar-refractivity contribution in [2.45, 2.75) is 24.9 Å². The van der Waals surface area contributed by atoms with Gasteiger partial charge in [-0.3, -0.25) is 0 Å². The van der Waals surface area contributed by atoms with E-state index in [0.29, 0.717) is 0 Å². The summed E-state index contributed by atoms with van der Waals surface area (Å²) in [5.74, 6) is 7.76. The maximum Gasteiger partial charge on any atom is 0.126 e. The van der Waals surface area contributed by atoms with Crippen molar-refractivity contribution in [2.24, 2.45) is 0 Å². The summed E-state index contributed by atoms with van der Waals surface area (Å²) in [4.78, 5) is 0. The van der Waals surface area contributed by atoms with Crippen LogP contribution in [0.25, 0.3) is 0 Å². The van der Waals surface area contributed by atoms with E-state index in [1.807, 2.05) is 54.6 Å². The molecule has 0 spiro atoms. The molecule has 1 nitrogen and oxygen atoms in total. The molecule has 0 bridgehead atoms. The van der Waals surface area contributed by atoms with Gasteiger partial charge in [0.05, 0.1) is 5.92 Å². The van der Waals surface area contributed by atoms with Crippen LogP contribution in [-0.2, 0) is 0 Å². The van der Waals surface area contributed by atoms with E-state index in [4.69, 9.17) is 4.74 Å². The van der Waals surface area contributed by atoms with Crippen LogP contribution in [0, 0.1) is 11.8 Å². The molecule has 1 aliphatic heterocycles. The Morgan fingerprint density at radius 3 is 2.62 bits per heavy atom. The van der Waals surface area contributed by atoms with Gasteiger partial charge in [-0.2, -0.15) is 0 Å². The van der Waals surface area contributed by atoms with Gasteiger partial charge in [0, 0.05) is 17.5 Å². The van der Waals surface area contributed by atoms with Gasteiger partial charge in [-0.05, 0) is 31.2 Å². The minimum atomic E-state index is -0.357. The van der Waals surface area contributed by atoms with E-state index in [9.17, 15) is 0 Å². The van der Waals surface area contributed by atoms with E-state index in [2.05, 4.69) is 31.4 Å². The molecule has 104 valence electrons. The summed E-state index contributed by atoms with van der Waals surface area (Å²) in [6.45, 7) is 5.97. The van der Waals surface area contributed by atoms with Crippen molar-refractivity contribution in [3.05, 3.63) is 78.4 Å². The van der Waals surface area contributed by atoms with Gasteiger partial charge < -0.3 is 4.74 Å². The van der Waals surface area contributed by atoms with E-state index in [1.165, 1.54) is 5.56 Å². The molecule has 3 rings (SSSR count). The minimum absolute atomic E-state index is 0.165. The normalized spacial score (nSPS) is 23.2. The summed E-state index contributed by atoms with van der Waals surface area (Å²) >= 11 is 0. The average molecular weight is 274 g/mol. The Balaban J connectivity index is 1.98. The molecule has 0 amide bonds. The Bertz CT molecular complexity index is 705. The molecule has 0 aromatic heterocycles. The van der Waals surface area contributed by atoms with Crippen molar-refractivity contribution in [3.8, 4) is 17.6 Å². The Labute approximate surface area is 126 Å². The van der Waals surface area contributed by atoms with Gasteiger partial charge in [-0.25, -0.2) is 0 Å². The molecule has 0 fully saturated rings. The van der Waals surface area contributed by atoms with Crippen LogP contribution in [0.5, 0.6) is 5.75 Å². The molecule has 0 unspecified atom stereocenters. The Morgan fingerprint density at radius 1 is 1.14 bits per heavy atom. The zero-order chi connectivity index (χ0) is 14.7. The quantitative estimate of drug-likeness (QED) is 0.547. The van der Waals surface area contributed by atoms with Crippen molar-refractivity contribution in [1.29, 1.82) is 0 Å². The molecule has 1 heteroatoms. The summed E-state index contributed by atoms with van der Waals surface area (Å²) in [5, 5.41) is 0. The molecular formula is C20H18O. The Morgan fingerprint density at radius 2 is 1.86 bits per heavy atom. The largest absolute Gasteiger partial charge is 0.483 e. The number of hydrogen-bond acceptors (Lipinski definition) is 1. The SMILES string of the molecule is C=C[C@]1(C)C[C@H](C#Cc2ccccc2)c2ccccc2O1. The fraction of sp³-hybridized carbons (Fsp3) is 0.200. The van der Waals surface area contributed by atoms with E-state index < -0.39 is 0 Å². The van der Waals surface area contributed by atoms with Crippen molar-refractivity contribution < 1.29 is 4.74 Å². The highest BCUT2D eigenvalue weighted by molar-refractivity contribution is 5.46. The molecule has 0 saturated carbocycles. The van der Waals surface area contributed by atoms with Gasteiger partial charge >= 0.3 is 0 Å². The molecule has 0 aliphatic carbocycles. The van der Waals surface area contributed by atoms with Gasteiger partial charge in [-0.15, -0.1) is 0 Å². The fourth-order valence-corrected chi connectivity index (χ4v) is 2.62. The predicted octanol–water partition coefficient (Wildman–Crippen LogP) is 4.55. The predicted molar refractivity (Wildman–Crippen MR) is 86.4 cm³/mol. The van der Waals surface area contributed by atoms with E-state index in [1.54, 1.807) is 0 Å². The number of ether oxygens (including phenoxy) is 1. The van der Waals surface area contributed by atoms with Crippen molar-refractivity contribution in [3.63, 3.8) is 0 Å². The molecule has 2 aromatic rings. The highest BCUT2D eigenvalue weighted by Gasteiger charge is 2.34. The van der Waals surface area contributed by atoms with Crippen LogP contribution in [-0.4, -0.2) is 5.60 Å². The fourth-order valence-electron chi connectivity index (χ4n) is 2.62. The second-order valence-corrected chi connectivity index (χ2v) is 5.55. The number of hydrogen-bond donors (Lipinski definition) is 0. The third kappa shape index (κ3) is 2.85. The van der Waals surface area contributed by atoms with Crippen LogP contribution in [0.2, 0.25) is 0 Å². The van der Waals surface area contributed by atoms with Crippen LogP contribution < -0.4 is 4.74 Å². The molecular weight excluding hydrogens is 256 g/mol. The van der Waals surface area contributed by atoms with Crippen molar-refractivity contribution >= 4 is 0 Å². The van der Waals surface area contributed by atoms with Gasteiger partial charge in [0.2, 0.25) is 0 Å². The molecule has 0 saturated heterocycles. The van der Waals surface area contributed by atoms with Gasteiger partial charge in [0.1, 0.15) is 11.4 Å². The number of fused-ring (bicyclic) bond motifs is 1. The molecule has 1 aliphatic rings. The smallest absolute Gasteiger partial charge is 0.126 e. The number of benzene rings is 2. The van der Waals surface area contributed by atoms with Gasteiger partial charge in [-0.1, -0.05) is 54.8 Å². The summed E-state index contributed by atoms with van der Waals surface area (Å²) in [7, 11) is 0. The molecule has 0 N–H and O–H groups in total. The molecule has 2 aromatic carbocycles. The first-order chi connectivity index (χ1) is 10.2. The first-order valence-electron chi connectivity index (χ1n) is 7.18. The first kappa shape index (κ1) is 13.5. The maximum atomic E-state index is 6.07. The molecule has 1 heterocycles. The lowest BCUT2D eigenvalue weighted by Crippen LogP contribution is -2.35. The lowest BCUT2D eigenvalue weighted by Gasteiger charge is -2.36. The zero-order valence-electron chi connectivity index (χ0n) is 12.2. The Kier molecular flexibility index (Phi) is 3.54. The number of rotatable bonds is 1. The highest BCUT2D eigenvalue weighted by Crippen LogP contribution is 2.40. The lowest BCUT2D eigenvalue weighted by atomic mass is 9.83. The Hall–Kier alpha value is -2.46. The van der Waals surface area contributed by atoms with Crippen molar-refractivity contribution in [2.75, 3.05) is 0 Å². The second-order valence-electron chi connectivity index (χ2n) is 5.55. The standard InChI is InChI=1S/C20H18O/c1-3-20(2)15-17(14-13-16-9-5-4-6-10-16)18-11-7-8-12-19(18)21-20/h3-12,17H,1,15H2,2H3/t17-,20+/m0/s1. The minimum Gasteiger partial charge on any atom is -0.483 e. The molecule has 0 radical (unpaired) electrons. The summed E-state index contributed by atoms with van der Waals surface area (Å²) in [6.07, 6.45) is 2.70. The lowest BCUT2D eigenvalue weighted by molar-refractivity contribution is 0.109. The van der Waals surface area contributed by atoms with Gasteiger partial charge in [0.25, 0.3) is 0 Å². The van der Waals surface area contributed by atoms with Crippen LogP contribution in [0.1, 0.15) is 30.4 Å². The molecule has 21 heavy (non-hydrogen) atoms. The summed E-state index contributed by atoms with van der Waals surface area (Å²) in [6, 6.07) is 18.2. The maximum absolute atomic E-state index is 6.07. The van der Waals surface area contributed by atoms with E-state index in [0.717, 1.165) is 17.7 Å². The van der Waals surface area contributed by atoms with Crippen molar-refractivity contribution in [1.82, 2.24) is 0 Å². The summed E-state index contributed by atoms with van der Waals surface area (Å²) < 4.78 is 6.07. The topological polar surface area (TPSA) is 9.23 Å². The monoisotopic (exact) mass is 274 g/mol. The van der Waals surface area contributed by atoms with Crippen LogP contribution in [0.15, 0.2) is 67.3 Å². The molecule has 2 atom stereocenters. The third-order valence-electron chi connectivity index (χ3n) is 3.84. The third-order valence-corrected chi connectivity index (χ3v) is 3.84. The highest BCUT2D eigenvalue weighted by atomic mass is 16.5. The van der Waals surface area contributed by atoms with Crippen LogP contribution >= 0.6 is 0 Å². The first-order valence-corrected chi connectivity index (χ1v) is 7.18. The zero-order valence-corrected chi connectivity index (χ0v) is 12.2. The van der Waals surface area contributed by atoms with Crippen LogP contribution in [0.3, 0.4) is 0 Å². The second kappa shape index (κ2) is 5.50. The van der Waals surface area contributed by atoms with E-state index in [-0.39, 0.29) is 11.5 Å². The number of para-hydroxylation sites is 1. The summed E-state index contributed by atoms with van der Waals surface area (Å²) in [5.41, 5.74) is 1.85. The van der Waals surface area contributed by atoms with Gasteiger partial charge in [0.15, 0.2) is 0 Å². The average Bonchev–Trinajstić information content (AvgIpc) is 2.53. The van der Waals surface area contributed by atoms with Crippen LogP contribution in [0.4, 0.5) is 0 Å².